The van der Waals surface area contributed by atoms with E-state index in [1.807, 2.05) is 0 Å². The molecule has 1 heterocycles. The molecule has 0 aliphatic carbocycles. The first-order valence-corrected chi connectivity index (χ1v) is 8.18. The summed E-state index contributed by atoms with van der Waals surface area (Å²) in [5.41, 5.74) is 0.610. The van der Waals surface area contributed by atoms with Gasteiger partial charge < -0.3 is 19.7 Å². The van der Waals surface area contributed by atoms with Crippen LogP contribution in [0.3, 0.4) is 0 Å². The summed E-state index contributed by atoms with van der Waals surface area (Å²) in [5.74, 6) is 0.209. The van der Waals surface area contributed by atoms with Crippen molar-refractivity contribution in [2.45, 2.75) is 12.5 Å². The number of nitrogens with one attached hydrogen (secondary N) is 1. The molecule has 0 aromatic heterocycles. The maximum Gasteiger partial charge on any atom is 0.258 e. The van der Waals surface area contributed by atoms with Crippen molar-refractivity contribution in [1.29, 1.82) is 0 Å². The van der Waals surface area contributed by atoms with Crippen LogP contribution in [-0.2, 0) is 9.59 Å². The maximum atomic E-state index is 13.0. The number of anilines is 1. The predicted octanol–water partition coefficient (Wildman–Crippen LogP) is 2.13. The van der Waals surface area contributed by atoms with Gasteiger partial charge in [0.2, 0.25) is 5.91 Å². The molecule has 1 unspecified atom stereocenters. The molecule has 3 rings (SSSR count). The van der Waals surface area contributed by atoms with Crippen molar-refractivity contribution in [2.24, 2.45) is 0 Å². The quantitative estimate of drug-likeness (QED) is 0.859. The first kappa shape index (κ1) is 17.7. The Bertz CT molecular complexity index is 794. The van der Waals surface area contributed by atoms with Crippen molar-refractivity contribution in [2.75, 3.05) is 25.2 Å². The first-order chi connectivity index (χ1) is 12.6. The summed E-state index contributed by atoms with van der Waals surface area (Å²) >= 11 is 0. The number of halogens is 1. The van der Waals surface area contributed by atoms with Crippen LogP contribution in [0.1, 0.15) is 6.42 Å². The lowest BCUT2D eigenvalue weighted by molar-refractivity contribution is -0.123. The molecule has 7 heteroatoms. The molecule has 26 heavy (non-hydrogen) atoms. The van der Waals surface area contributed by atoms with Gasteiger partial charge in [-0.2, -0.15) is 0 Å². The number of rotatable bonds is 6. The van der Waals surface area contributed by atoms with E-state index in [4.69, 9.17) is 9.47 Å². The monoisotopic (exact) mass is 358 g/mol. The van der Waals surface area contributed by atoms with Gasteiger partial charge >= 0.3 is 0 Å². The topological polar surface area (TPSA) is 67.9 Å². The lowest BCUT2D eigenvalue weighted by Gasteiger charge is -2.17. The Hall–Kier alpha value is -3.09. The number of methoxy groups -OCH3 is 1. The molecule has 2 amide bonds. The van der Waals surface area contributed by atoms with E-state index >= 15 is 0 Å². The van der Waals surface area contributed by atoms with E-state index in [1.54, 1.807) is 36.4 Å². The molecule has 1 fully saturated rings. The molecular weight excluding hydrogens is 339 g/mol. The minimum absolute atomic E-state index is 0.118. The molecule has 1 N–H and O–H groups in total. The SMILES string of the molecule is COc1ccccc1OCC(=O)NC1CC(=O)N(c2ccc(F)cc2)C1. The van der Waals surface area contributed by atoms with Gasteiger partial charge in [-0.15, -0.1) is 0 Å². The first-order valence-electron chi connectivity index (χ1n) is 8.18. The van der Waals surface area contributed by atoms with Crippen molar-refractivity contribution in [1.82, 2.24) is 5.32 Å². The molecule has 1 aliphatic heterocycles. The largest absolute Gasteiger partial charge is 0.493 e. The fraction of sp³-hybridized carbons (Fsp3) is 0.263. The van der Waals surface area contributed by atoms with Crippen LogP contribution in [-0.4, -0.2) is 38.1 Å². The van der Waals surface area contributed by atoms with Crippen LogP contribution >= 0.6 is 0 Å². The highest BCUT2D eigenvalue weighted by molar-refractivity contribution is 5.96. The average molecular weight is 358 g/mol. The standard InChI is InChI=1S/C19H19FN2O4/c1-25-16-4-2-3-5-17(16)26-12-18(23)21-14-10-19(24)22(11-14)15-8-6-13(20)7-9-15/h2-9,14H,10-12H2,1H3,(H,21,23). The van der Waals surface area contributed by atoms with E-state index in [0.29, 0.717) is 23.7 Å². The summed E-state index contributed by atoms with van der Waals surface area (Å²) in [4.78, 5) is 25.8. The van der Waals surface area contributed by atoms with Crippen LogP contribution < -0.4 is 19.7 Å². The van der Waals surface area contributed by atoms with Crippen LogP contribution in [0.4, 0.5) is 10.1 Å². The van der Waals surface area contributed by atoms with Gasteiger partial charge in [0.25, 0.3) is 5.91 Å². The Kier molecular flexibility index (Phi) is 5.36. The number of amides is 2. The number of benzene rings is 2. The van der Waals surface area contributed by atoms with Crippen molar-refractivity contribution in [3.05, 3.63) is 54.3 Å². The molecule has 0 radical (unpaired) electrons. The molecule has 0 bridgehead atoms. The highest BCUT2D eigenvalue weighted by atomic mass is 19.1. The third-order valence-electron chi connectivity index (χ3n) is 4.06. The van der Waals surface area contributed by atoms with Crippen molar-refractivity contribution in [3.63, 3.8) is 0 Å². The Balaban J connectivity index is 1.53. The molecule has 6 nitrogen and oxygen atoms in total. The predicted molar refractivity (Wildman–Crippen MR) is 93.8 cm³/mol. The highest BCUT2D eigenvalue weighted by Gasteiger charge is 2.31. The summed E-state index contributed by atoms with van der Waals surface area (Å²) in [7, 11) is 1.52. The number of carbonyl (C=O) groups is 2. The number of hydrogen-bond donors (Lipinski definition) is 1. The molecule has 2 aromatic rings. The van der Waals surface area contributed by atoms with Crippen LogP contribution in [0.25, 0.3) is 0 Å². The van der Waals surface area contributed by atoms with Crippen LogP contribution in [0.5, 0.6) is 11.5 Å². The molecule has 136 valence electrons. The number of ether oxygens (including phenoxy) is 2. The van der Waals surface area contributed by atoms with Gasteiger partial charge in [-0.05, 0) is 36.4 Å². The molecule has 1 aliphatic rings. The fourth-order valence-corrected chi connectivity index (χ4v) is 2.83. The smallest absolute Gasteiger partial charge is 0.258 e. The Morgan fingerprint density at radius 2 is 1.88 bits per heavy atom. The molecular formula is C19H19FN2O4. The van der Waals surface area contributed by atoms with E-state index in [0.717, 1.165) is 0 Å². The zero-order valence-electron chi connectivity index (χ0n) is 14.3. The maximum absolute atomic E-state index is 13.0. The lowest BCUT2D eigenvalue weighted by Crippen LogP contribution is -2.39. The van der Waals surface area contributed by atoms with Crippen molar-refractivity contribution in [3.8, 4) is 11.5 Å². The number of carbonyl (C=O) groups excluding carboxylic acids is 2. The highest BCUT2D eigenvalue weighted by Crippen LogP contribution is 2.25. The number of para-hydroxylation sites is 2. The number of hydrogen-bond acceptors (Lipinski definition) is 4. The van der Waals surface area contributed by atoms with E-state index < -0.39 is 0 Å². The summed E-state index contributed by atoms with van der Waals surface area (Å²) in [6.07, 6.45) is 0.192. The van der Waals surface area contributed by atoms with Gasteiger partial charge in [-0.25, -0.2) is 4.39 Å². The summed E-state index contributed by atoms with van der Waals surface area (Å²) in [5, 5.41) is 2.79. The number of nitrogens with zero attached hydrogens (tertiary/aromatic N) is 1. The lowest BCUT2D eigenvalue weighted by atomic mass is 10.2. The molecule has 2 aromatic carbocycles. The fourth-order valence-electron chi connectivity index (χ4n) is 2.83. The molecule has 0 spiro atoms. The van der Waals surface area contributed by atoms with Gasteiger partial charge in [0.1, 0.15) is 5.82 Å². The minimum atomic E-state index is -0.362. The second-order valence-corrected chi connectivity index (χ2v) is 5.89. The minimum Gasteiger partial charge on any atom is -0.493 e. The summed E-state index contributed by atoms with van der Waals surface area (Å²) in [6.45, 7) is 0.159. The third-order valence-corrected chi connectivity index (χ3v) is 4.06. The van der Waals surface area contributed by atoms with Gasteiger partial charge in [0.15, 0.2) is 18.1 Å². The van der Waals surface area contributed by atoms with Crippen LogP contribution in [0, 0.1) is 5.82 Å². The molecule has 1 saturated heterocycles. The van der Waals surface area contributed by atoms with Crippen molar-refractivity contribution < 1.29 is 23.5 Å². The van der Waals surface area contributed by atoms with E-state index in [-0.39, 0.29) is 36.7 Å². The second-order valence-electron chi connectivity index (χ2n) is 5.89. The van der Waals surface area contributed by atoms with E-state index in [9.17, 15) is 14.0 Å². The van der Waals surface area contributed by atoms with Crippen LogP contribution in [0.2, 0.25) is 0 Å². The summed E-state index contributed by atoms with van der Waals surface area (Å²) < 4.78 is 23.7. The molecule has 0 saturated carbocycles. The van der Waals surface area contributed by atoms with Gasteiger partial charge in [-0.3, -0.25) is 9.59 Å². The Morgan fingerprint density at radius 3 is 2.58 bits per heavy atom. The average Bonchev–Trinajstić information content (AvgIpc) is 3.01. The van der Waals surface area contributed by atoms with Gasteiger partial charge in [-0.1, -0.05) is 12.1 Å². The van der Waals surface area contributed by atoms with Crippen LogP contribution in [0.15, 0.2) is 48.5 Å². The van der Waals surface area contributed by atoms with Gasteiger partial charge in [0.05, 0.1) is 13.2 Å². The van der Waals surface area contributed by atoms with E-state index in [2.05, 4.69) is 5.32 Å². The second kappa shape index (κ2) is 7.86. The zero-order chi connectivity index (χ0) is 18.5. The Morgan fingerprint density at radius 1 is 1.19 bits per heavy atom. The molecule has 1 atom stereocenters. The third kappa shape index (κ3) is 4.11. The summed E-state index contributed by atoms with van der Waals surface area (Å²) in [6, 6.07) is 12.4. The zero-order valence-corrected chi connectivity index (χ0v) is 14.3. The normalized spacial score (nSPS) is 16.5. The van der Waals surface area contributed by atoms with Gasteiger partial charge in [0, 0.05) is 18.7 Å². The van der Waals surface area contributed by atoms with E-state index in [1.165, 1.54) is 24.1 Å². The Labute approximate surface area is 150 Å². The van der Waals surface area contributed by atoms with Crippen molar-refractivity contribution >= 4 is 17.5 Å².